The van der Waals surface area contributed by atoms with Crippen LogP contribution in [0.2, 0.25) is 0 Å². The van der Waals surface area contributed by atoms with Gasteiger partial charge in [0.15, 0.2) is 0 Å². The zero-order chi connectivity index (χ0) is 51.3. The number of ketones is 1. The molecule has 0 saturated carbocycles. The predicted octanol–water partition coefficient (Wildman–Crippen LogP) is 18.1. The summed E-state index contributed by atoms with van der Waals surface area (Å²) in [7, 11) is 1.92. The van der Waals surface area contributed by atoms with E-state index in [2.05, 4.69) is 11.4 Å². The number of carbonyl (C=O) groups excluding carboxylic acids is 2. The molecule has 2 aromatic carbocycles. The van der Waals surface area contributed by atoms with Crippen molar-refractivity contribution in [1.29, 1.82) is 0 Å². The monoisotopic (exact) mass is 1070 g/mol. The van der Waals surface area contributed by atoms with Crippen LogP contribution in [0.15, 0.2) is 42.6 Å². The zero-order valence-electron chi connectivity index (χ0n) is 27.8. The topological polar surface area (TPSA) is 51.1 Å². The molecule has 0 fully saturated rings. The summed E-state index contributed by atoms with van der Waals surface area (Å²) < 4.78 is 274. The summed E-state index contributed by atoms with van der Waals surface area (Å²) in [5.74, 6) is -0.0548. The van der Waals surface area contributed by atoms with E-state index < -0.39 is 0 Å². The Bertz CT molecular complexity index is 1000. The molecule has 0 aliphatic heterocycles. The second kappa shape index (κ2) is 147. The molecular formula is C20H20F35N2O2Y-. The minimum absolute atomic E-state index is 0. The number of amides is 1. The third-order valence-corrected chi connectivity index (χ3v) is 4.10. The molecule has 0 aliphatic carbocycles. The Kier molecular flexibility index (Phi) is 274. The van der Waals surface area contributed by atoms with Crippen LogP contribution in [-0.4, -0.2) is 16.3 Å². The minimum Gasteiger partial charge on any atom is -0.350 e. The molecule has 40 heteroatoms. The van der Waals surface area contributed by atoms with Crippen molar-refractivity contribution in [2.75, 3.05) is 5.32 Å². The number of hydrogen-bond acceptors (Lipinski definition) is 2. The second-order valence-corrected chi connectivity index (χ2v) is 6.06. The molecule has 1 heterocycles. The van der Waals surface area contributed by atoms with Gasteiger partial charge in [-0.1, -0.05) is 30.8 Å². The van der Waals surface area contributed by atoms with Crippen LogP contribution >= 0.6 is 0 Å². The maximum absolute atomic E-state index is 12.6. The Balaban J connectivity index is -0.0000000291. The normalized spacial score (nSPS) is 6.02. The third kappa shape index (κ3) is 78.2. The first kappa shape index (κ1) is 111. The van der Waals surface area contributed by atoms with Gasteiger partial charge in [-0.15, -0.1) is 11.6 Å². The summed E-state index contributed by atoms with van der Waals surface area (Å²) in [6, 6.07) is 14.5. The van der Waals surface area contributed by atoms with Crippen molar-refractivity contribution in [1.82, 2.24) is 4.57 Å². The van der Waals surface area contributed by atoms with E-state index in [-0.39, 0.29) is 49.1 Å². The van der Waals surface area contributed by atoms with Crippen LogP contribution in [0.1, 0.15) is 28.4 Å². The SMILES string of the molecule is CC(=O)Cc1c[c-]c(NC(=O)c2cn(C)c3ccccc23)cc1C.F.FF.FF.FF.FF.FF.FF.FF.FF.FF.FF.FF.FF.FF.FF.FF.FF.FF.[Y]. The molecule has 0 bridgehead atoms. The number of fused-ring (bicyclic) bond motifs is 1. The van der Waals surface area contributed by atoms with Crippen molar-refractivity contribution in [3.8, 4) is 0 Å². The van der Waals surface area contributed by atoms with Gasteiger partial charge >= 0.3 is 0 Å². The standard InChI is InChI=1S/C20H19N2O2.17F2.FH.Y/c1-13-10-16(9-8-15(13)11-14(2)23)21-20(24)18-12-22(3)19-7-5-4-6-17(18)19;17*1-2;;/h4-8,10,12H,11H2,1-3H3,(H,21,24);;;;;;;;;;;;;;;;;;1H;/q-1;;;;;;;;;;;;;;;;;;;. The van der Waals surface area contributed by atoms with Crippen LogP contribution < -0.4 is 5.32 Å². The van der Waals surface area contributed by atoms with Crippen LogP contribution in [0.5, 0.6) is 0 Å². The number of Topliss-reactive ketones (excluding diaryl/α,β-unsaturated/α-hetero) is 1. The number of benzene rings is 2. The number of nitrogens with zero attached hydrogens (tertiary/aromatic N) is 1. The number of anilines is 1. The summed E-state index contributed by atoms with van der Waals surface area (Å²) in [6.45, 7) is 3.50. The molecule has 60 heavy (non-hydrogen) atoms. The second-order valence-electron chi connectivity index (χ2n) is 6.06. The maximum atomic E-state index is 12.6. The van der Waals surface area contributed by atoms with E-state index in [1.54, 1.807) is 13.0 Å². The molecule has 4 nitrogen and oxygen atoms in total. The number of para-hydroxylation sites is 1. The fourth-order valence-corrected chi connectivity index (χ4v) is 2.87. The summed E-state index contributed by atoms with van der Waals surface area (Å²) in [5.41, 5.74) is 4.16. The molecule has 371 valence electrons. The van der Waals surface area contributed by atoms with Gasteiger partial charge in [0.05, 0.1) is 5.56 Å². The summed E-state index contributed by atoms with van der Waals surface area (Å²) in [4.78, 5) is 23.9. The van der Waals surface area contributed by atoms with Gasteiger partial charge in [-0.05, 0) is 19.4 Å². The van der Waals surface area contributed by atoms with Gasteiger partial charge in [-0.25, -0.2) is 0 Å². The van der Waals surface area contributed by atoms with Gasteiger partial charge < -0.3 is 14.7 Å². The van der Waals surface area contributed by atoms with Crippen molar-refractivity contribution in [3.05, 3.63) is 65.4 Å². The summed E-state index contributed by atoms with van der Waals surface area (Å²) >= 11 is 0. The fourth-order valence-electron chi connectivity index (χ4n) is 2.87. The van der Waals surface area contributed by atoms with Gasteiger partial charge in [0.1, 0.15) is 5.78 Å². The largest absolute Gasteiger partial charge is 0.350 e. The average Bonchev–Trinajstić information content (AvgIpc) is 3.71. The number of halogens is 35. The average molecular weight is 1070 g/mol. The Morgan fingerprint density at radius 2 is 0.867 bits per heavy atom. The first-order valence-corrected chi connectivity index (χ1v) is 10.2. The minimum atomic E-state index is -0.165. The quantitative estimate of drug-likeness (QED) is 0.209. The molecule has 3 aromatic rings. The van der Waals surface area contributed by atoms with E-state index in [0.29, 0.717) is 17.7 Å². The van der Waals surface area contributed by atoms with Crippen molar-refractivity contribution in [2.24, 2.45) is 7.05 Å². The van der Waals surface area contributed by atoms with Crippen molar-refractivity contribution < 1.29 is 203 Å². The van der Waals surface area contributed by atoms with Gasteiger partial charge in [-0.2, -0.15) is 17.7 Å². The Labute approximate surface area is 333 Å². The third-order valence-electron chi connectivity index (χ3n) is 4.10. The molecule has 1 aromatic heterocycles. The number of rotatable bonds is 4. The van der Waals surface area contributed by atoms with Gasteiger partial charge in [-0.3, -0.25) is 9.50 Å². The van der Waals surface area contributed by atoms with Crippen molar-refractivity contribution in [2.45, 2.75) is 20.3 Å². The van der Waals surface area contributed by atoms with Gasteiger partial charge in [0, 0.05) is 212 Å². The number of nitrogens with one attached hydrogen (secondary N) is 1. The van der Waals surface area contributed by atoms with Crippen molar-refractivity contribution in [3.63, 3.8) is 0 Å². The van der Waals surface area contributed by atoms with Crippen LogP contribution in [0.25, 0.3) is 10.9 Å². The maximum Gasteiger partial charge on any atom is 0.256 e. The van der Waals surface area contributed by atoms with E-state index in [0.717, 1.165) is 22.0 Å². The zero-order valence-corrected chi connectivity index (χ0v) is 30.7. The molecule has 0 spiro atoms. The molecule has 0 unspecified atom stereocenters. The number of aryl methyl sites for hydroxylation is 2. The number of carbonyl (C=O) groups is 2. The smallest absolute Gasteiger partial charge is 0.256 e. The molecule has 3 rings (SSSR count). The van der Waals surface area contributed by atoms with Crippen LogP contribution in [-0.2, 0) is 51.0 Å². The first-order chi connectivity index (χ1) is 28.5. The molecule has 1 N–H and O–H groups in total. The molecule has 1 amide bonds. The Morgan fingerprint density at radius 1 is 0.567 bits per heavy atom. The molecule has 0 atom stereocenters. The molecule has 0 saturated heterocycles. The van der Waals surface area contributed by atoms with E-state index in [1.807, 2.05) is 55.1 Å². The molecular weight excluding hydrogens is 1050 g/mol. The first-order valence-electron chi connectivity index (χ1n) is 10.2. The molecule has 1 radical (unpaired) electrons. The Hall–Kier alpha value is -4.23. The van der Waals surface area contributed by atoms with Crippen LogP contribution in [0.4, 0.5) is 166 Å². The van der Waals surface area contributed by atoms with E-state index in [9.17, 15) is 9.59 Å². The van der Waals surface area contributed by atoms with Gasteiger partial charge in [0.2, 0.25) is 0 Å². The fraction of sp³-hybridized carbons (Fsp3) is 0.200. The van der Waals surface area contributed by atoms with Crippen LogP contribution in [0.3, 0.4) is 0 Å². The summed E-state index contributed by atoms with van der Waals surface area (Å²) in [5, 5.41) is 3.81. The number of hydrogen-bond donors (Lipinski definition) is 1. The summed E-state index contributed by atoms with van der Waals surface area (Å²) in [6.07, 6.45) is 2.22. The van der Waals surface area contributed by atoms with E-state index in [4.69, 9.17) is 156 Å². The van der Waals surface area contributed by atoms with Crippen molar-refractivity contribution >= 4 is 28.3 Å². The number of aromatic nitrogens is 1. The molecule has 0 aliphatic rings. The van der Waals surface area contributed by atoms with E-state index >= 15 is 0 Å². The van der Waals surface area contributed by atoms with Crippen LogP contribution in [0, 0.1) is 13.0 Å². The predicted molar refractivity (Wildman–Crippen MR) is 135 cm³/mol. The van der Waals surface area contributed by atoms with Gasteiger partial charge in [0.25, 0.3) is 5.91 Å². The Morgan fingerprint density at radius 3 is 1.15 bits per heavy atom. The van der Waals surface area contributed by atoms with E-state index in [1.165, 1.54) is 0 Å².